The molecule has 0 bridgehead atoms. The number of likely N-dealkylation sites (N-methyl/N-ethyl adjacent to an activating group) is 1. The van der Waals surface area contributed by atoms with Gasteiger partial charge in [-0.05, 0) is 103 Å². The molecule has 0 saturated carbocycles. The van der Waals surface area contributed by atoms with Gasteiger partial charge in [-0.25, -0.2) is 4.79 Å². The molecule has 0 aliphatic carbocycles. The number of ether oxygens (including phenoxy) is 4. The molecule has 9 nitrogen and oxygen atoms in total. The first-order valence-electron chi connectivity index (χ1n) is 28.1. The highest BCUT2D eigenvalue weighted by Crippen LogP contribution is 2.14. The second-order valence-corrected chi connectivity index (χ2v) is 19.5. The fourth-order valence-electron chi connectivity index (χ4n) is 7.20. The lowest BCUT2D eigenvalue weighted by molar-refractivity contribution is -0.870. The molecule has 1 N–H and O–H groups in total. The quantitative estimate of drug-likeness (QED) is 0.0211. The van der Waals surface area contributed by atoms with Crippen molar-refractivity contribution >= 4 is 17.9 Å². The summed E-state index contributed by atoms with van der Waals surface area (Å²) in [7, 11) is 5.94. The van der Waals surface area contributed by atoms with Crippen molar-refractivity contribution in [2.45, 2.75) is 219 Å². The van der Waals surface area contributed by atoms with Crippen molar-refractivity contribution in [2.24, 2.45) is 0 Å². The zero-order chi connectivity index (χ0) is 52.0. The molecule has 0 saturated heterocycles. The van der Waals surface area contributed by atoms with Crippen LogP contribution >= 0.6 is 0 Å². The average Bonchev–Trinajstić information content (AvgIpc) is 3.34. The van der Waals surface area contributed by atoms with E-state index >= 15 is 0 Å². The molecule has 0 spiro atoms. The summed E-state index contributed by atoms with van der Waals surface area (Å²) in [5.41, 5.74) is 0. The van der Waals surface area contributed by atoms with Crippen molar-refractivity contribution in [3.8, 4) is 0 Å². The van der Waals surface area contributed by atoms with Gasteiger partial charge in [0.15, 0.2) is 6.10 Å². The lowest BCUT2D eigenvalue weighted by atomic mass is 10.1. The molecule has 0 aromatic rings. The molecule has 0 fully saturated rings. The van der Waals surface area contributed by atoms with Crippen LogP contribution in [0.3, 0.4) is 0 Å². The minimum absolute atomic E-state index is 0.174. The summed E-state index contributed by atoms with van der Waals surface area (Å²) >= 11 is 0. The molecule has 0 amide bonds. The van der Waals surface area contributed by atoms with Gasteiger partial charge in [-0.1, -0.05) is 200 Å². The molecule has 0 heterocycles. The van der Waals surface area contributed by atoms with Gasteiger partial charge < -0.3 is 28.5 Å². The summed E-state index contributed by atoms with van der Waals surface area (Å²) in [6.07, 6.45) is 68.7. The van der Waals surface area contributed by atoms with Gasteiger partial charge in [-0.3, -0.25) is 9.59 Å². The van der Waals surface area contributed by atoms with Gasteiger partial charge in [0.1, 0.15) is 13.2 Å². The number of carboxylic acids is 1. The Morgan fingerprint density at radius 1 is 0.437 bits per heavy atom. The van der Waals surface area contributed by atoms with Crippen LogP contribution in [0.15, 0.2) is 109 Å². The van der Waals surface area contributed by atoms with Crippen LogP contribution in [0.1, 0.15) is 206 Å². The minimum atomic E-state index is -1.53. The van der Waals surface area contributed by atoms with Crippen LogP contribution in [0.2, 0.25) is 0 Å². The number of nitrogens with zero attached hydrogens (tertiary/aromatic N) is 1. The highest BCUT2D eigenvalue weighted by atomic mass is 16.7. The maximum absolute atomic E-state index is 12.9. The second-order valence-electron chi connectivity index (χ2n) is 19.5. The van der Waals surface area contributed by atoms with Gasteiger partial charge in [0.2, 0.25) is 0 Å². The van der Waals surface area contributed by atoms with Gasteiger partial charge in [0.25, 0.3) is 6.29 Å². The lowest BCUT2D eigenvalue weighted by Crippen LogP contribution is -2.40. The van der Waals surface area contributed by atoms with Crippen molar-refractivity contribution in [2.75, 3.05) is 47.5 Å². The van der Waals surface area contributed by atoms with Crippen LogP contribution in [0.5, 0.6) is 0 Å². The maximum atomic E-state index is 12.9. The maximum Gasteiger partial charge on any atom is 0.361 e. The number of aliphatic carboxylic acids is 1. The zero-order valence-corrected chi connectivity index (χ0v) is 45.8. The molecule has 0 aromatic heterocycles. The van der Waals surface area contributed by atoms with Crippen molar-refractivity contribution in [1.29, 1.82) is 0 Å². The number of carboxylic acid groups (broad SMARTS) is 1. The van der Waals surface area contributed by atoms with E-state index in [2.05, 4.69) is 123 Å². The second kappa shape index (κ2) is 52.3. The number of carbonyl (C=O) groups is 3. The Bertz CT molecular complexity index is 1530. The van der Waals surface area contributed by atoms with Crippen molar-refractivity contribution in [3.63, 3.8) is 0 Å². The highest BCUT2D eigenvalue weighted by Gasteiger charge is 2.25. The minimum Gasteiger partial charge on any atom is -0.477 e. The Morgan fingerprint density at radius 3 is 1.21 bits per heavy atom. The summed E-state index contributed by atoms with van der Waals surface area (Å²) < 4.78 is 22.8. The summed E-state index contributed by atoms with van der Waals surface area (Å²) in [4.78, 5) is 37.4. The first kappa shape index (κ1) is 67.0. The van der Waals surface area contributed by atoms with E-state index in [-0.39, 0.29) is 38.6 Å². The molecule has 0 aliphatic rings. The third-order valence-corrected chi connectivity index (χ3v) is 11.5. The van der Waals surface area contributed by atoms with Crippen LogP contribution in [0, 0.1) is 0 Å². The molecule has 0 radical (unpaired) electrons. The Hall–Kier alpha value is -4.05. The predicted octanol–water partition coefficient (Wildman–Crippen LogP) is 16.3. The molecule has 0 aliphatic heterocycles. The van der Waals surface area contributed by atoms with E-state index < -0.39 is 24.3 Å². The van der Waals surface area contributed by atoms with E-state index in [4.69, 9.17) is 18.9 Å². The molecular weight excluding hydrogens is 887 g/mol. The highest BCUT2D eigenvalue weighted by molar-refractivity contribution is 5.71. The number of quaternary nitrogens is 1. The van der Waals surface area contributed by atoms with Crippen LogP contribution in [-0.4, -0.2) is 87.4 Å². The summed E-state index contributed by atoms with van der Waals surface area (Å²) in [6, 6.07) is 0. The van der Waals surface area contributed by atoms with Crippen molar-refractivity contribution in [1.82, 2.24) is 0 Å². The van der Waals surface area contributed by atoms with Crippen LogP contribution in [0.4, 0.5) is 0 Å². The van der Waals surface area contributed by atoms with Crippen molar-refractivity contribution < 1.29 is 42.9 Å². The molecule has 71 heavy (non-hydrogen) atoms. The van der Waals surface area contributed by atoms with Crippen LogP contribution in [-0.2, 0) is 33.3 Å². The SMILES string of the molecule is CC/C=C\C/C=C\C/C=C\C/C=C\C/C=C\C/C=C\C/C=C\CCCCCC(=O)OC(COC(=O)CCCCCCCCCCC/C=C\C/C=C\CCCCCCC)COC(OCC[N+](C)(C)C)C(=O)O. The first-order chi connectivity index (χ1) is 34.6. The van der Waals surface area contributed by atoms with E-state index in [0.29, 0.717) is 17.4 Å². The fraction of sp³-hybridized carbons (Fsp3) is 0.661. The normalized spacial score (nSPS) is 13.6. The summed E-state index contributed by atoms with van der Waals surface area (Å²) in [5.74, 6) is -2.07. The number of allylic oxidation sites excluding steroid dienone is 18. The van der Waals surface area contributed by atoms with Gasteiger partial charge in [0, 0.05) is 12.8 Å². The Balaban J connectivity index is 4.40. The van der Waals surface area contributed by atoms with E-state index in [1.807, 2.05) is 21.1 Å². The lowest BCUT2D eigenvalue weighted by Gasteiger charge is -2.25. The topological polar surface area (TPSA) is 108 Å². The molecule has 0 aromatic carbocycles. The molecule has 9 heteroatoms. The Labute approximate surface area is 434 Å². The molecule has 404 valence electrons. The molecule has 2 atom stereocenters. The molecule has 2 unspecified atom stereocenters. The zero-order valence-electron chi connectivity index (χ0n) is 45.8. The van der Waals surface area contributed by atoms with Crippen molar-refractivity contribution in [3.05, 3.63) is 109 Å². The average molecular weight is 992 g/mol. The largest absolute Gasteiger partial charge is 0.477 e. The van der Waals surface area contributed by atoms with E-state index in [9.17, 15) is 19.5 Å². The predicted molar refractivity (Wildman–Crippen MR) is 299 cm³/mol. The molecular formula is C62H104NO8+. The van der Waals surface area contributed by atoms with Gasteiger partial charge >= 0.3 is 17.9 Å². The number of unbranched alkanes of at least 4 members (excludes halogenated alkanes) is 17. The number of hydrogen-bond acceptors (Lipinski definition) is 7. The number of hydrogen-bond donors (Lipinski definition) is 1. The molecule has 0 rings (SSSR count). The van der Waals surface area contributed by atoms with E-state index in [1.54, 1.807) is 0 Å². The fourth-order valence-corrected chi connectivity index (χ4v) is 7.20. The number of carbonyl (C=O) groups excluding carboxylic acids is 2. The number of rotatable bonds is 50. The van der Waals surface area contributed by atoms with Crippen LogP contribution in [0.25, 0.3) is 0 Å². The third-order valence-electron chi connectivity index (χ3n) is 11.5. The van der Waals surface area contributed by atoms with Gasteiger partial charge in [-0.2, -0.15) is 0 Å². The Kier molecular flexibility index (Phi) is 49.3. The smallest absolute Gasteiger partial charge is 0.361 e. The van der Waals surface area contributed by atoms with E-state index in [0.717, 1.165) is 96.3 Å². The first-order valence-corrected chi connectivity index (χ1v) is 28.1. The van der Waals surface area contributed by atoms with Crippen LogP contribution < -0.4 is 0 Å². The van der Waals surface area contributed by atoms with E-state index in [1.165, 1.54) is 77.0 Å². The number of esters is 2. The standard InChI is InChI=1S/C62H103NO8/c1-6-8-10-12-14-16-18-20-22-24-26-28-29-30-31-33-35-37-39-41-43-45-47-49-51-53-60(65)71-58(57-70-62(61(66)67)68-55-54-63(3,4)5)56-69-59(64)52-50-48-46-44-42-40-38-36-34-32-27-25-23-21-19-17-15-13-11-9-7-2/h8,10,14,16,19-22,25-28,30-31,35,37,41,43,58,62H,6-7,9,11-13,15,17-18,23-24,29,32-34,36,38-40,42,44-57H2,1-5H3/p+1/b10-8-,16-14-,21-19-,22-20-,27-25-,28-26-,31-30-,37-35-,43-41-. The monoisotopic (exact) mass is 991 g/mol. The summed E-state index contributed by atoms with van der Waals surface area (Å²) in [6.45, 7) is 4.69. The Morgan fingerprint density at radius 2 is 0.803 bits per heavy atom. The van der Waals surface area contributed by atoms with Gasteiger partial charge in [-0.15, -0.1) is 0 Å². The third kappa shape index (κ3) is 53.6. The summed E-state index contributed by atoms with van der Waals surface area (Å²) in [5, 5.41) is 9.69. The van der Waals surface area contributed by atoms with Gasteiger partial charge in [0.05, 0.1) is 34.4 Å².